The second kappa shape index (κ2) is 5.44. The largest absolute Gasteiger partial charge is 0.444 e. The summed E-state index contributed by atoms with van der Waals surface area (Å²) in [4.78, 5) is 13.9. The number of carbonyl (C=O) groups excluding carboxylic acids is 1. The van der Waals surface area contributed by atoms with Crippen molar-refractivity contribution in [2.45, 2.75) is 58.6 Å². The topological polar surface area (TPSA) is 29.5 Å². The summed E-state index contributed by atoms with van der Waals surface area (Å²) in [6.45, 7) is 8.37. The van der Waals surface area contributed by atoms with E-state index < -0.39 is 5.60 Å². The highest BCUT2D eigenvalue weighted by Crippen LogP contribution is 2.25. The molecule has 96 valence electrons. The van der Waals surface area contributed by atoms with E-state index in [-0.39, 0.29) is 18.1 Å². The van der Waals surface area contributed by atoms with E-state index in [1.54, 1.807) is 4.90 Å². The molecule has 3 heteroatoms. The zero-order valence-electron chi connectivity index (χ0n) is 11.3. The number of likely N-dealkylation sites (tertiary alicyclic amines) is 1. The Morgan fingerprint density at radius 3 is 2.59 bits per heavy atom. The molecule has 0 radical (unpaired) electrons. The summed E-state index contributed by atoms with van der Waals surface area (Å²) in [5.74, 6) is 2.92. The zero-order chi connectivity index (χ0) is 13.1. The van der Waals surface area contributed by atoms with Gasteiger partial charge in [-0.2, -0.15) is 0 Å². The second-order valence-electron chi connectivity index (χ2n) is 5.64. The van der Waals surface area contributed by atoms with Gasteiger partial charge in [-0.15, -0.1) is 12.3 Å². The fourth-order valence-electron chi connectivity index (χ4n) is 2.13. The van der Waals surface area contributed by atoms with Crippen molar-refractivity contribution in [1.29, 1.82) is 0 Å². The summed E-state index contributed by atoms with van der Waals surface area (Å²) in [6, 6.07) is 0.273. The number of nitrogens with zero attached hydrogens (tertiary/aromatic N) is 1. The van der Waals surface area contributed by atoms with Gasteiger partial charge in [-0.3, -0.25) is 0 Å². The summed E-state index contributed by atoms with van der Waals surface area (Å²) >= 11 is 0. The van der Waals surface area contributed by atoms with Crippen LogP contribution >= 0.6 is 0 Å². The van der Waals surface area contributed by atoms with Crippen molar-refractivity contribution in [3.8, 4) is 12.3 Å². The monoisotopic (exact) mass is 237 g/mol. The van der Waals surface area contributed by atoms with Crippen LogP contribution in [-0.4, -0.2) is 29.2 Å². The molecule has 2 atom stereocenters. The smallest absolute Gasteiger partial charge is 0.410 e. The maximum Gasteiger partial charge on any atom is 0.410 e. The van der Waals surface area contributed by atoms with E-state index in [1.165, 1.54) is 0 Å². The fourth-order valence-corrected chi connectivity index (χ4v) is 2.13. The van der Waals surface area contributed by atoms with Crippen molar-refractivity contribution in [3.05, 3.63) is 0 Å². The third-order valence-electron chi connectivity index (χ3n) is 3.04. The van der Waals surface area contributed by atoms with Gasteiger partial charge in [0.2, 0.25) is 0 Å². The van der Waals surface area contributed by atoms with Gasteiger partial charge in [0, 0.05) is 18.5 Å². The van der Waals surface area contributed by atoms with Gasteiger partial charge in [-0.25, -0.2) is 4.79 Å². The molecule has 0 saturated carbocycles. The molecule has 0 spiro atoms. The summed E-state index contributed by atoms with van der Waals surface area (Å²) < 4.78 is 5.42. The maximum atomic E-state index is 12.1. The van der Waals surface area contributed by atoms with Crippen LogP contribution in [0.15, 0.2) is 0 Å². The molecule has 1 saturated heterocycles. The summed E-state index contributed by atoms with van der Waals surface area (Å²) in [5, 5.41) is 0. The highest BCUT2D eigenvalue weighted by Gasteiger charge is 2.32. The molecule has 3 nitrogen and oxygen atoms in total. The molecule has 1 aliphatic heterocycles. The maximum absolute atomic E-state index is 12.1. The Labute approximate surface area is 105 Å². The van der Waals surface area contributed by atoms with Crippen LogP contribution in [0.1, 0.15) is 47.0 Å². The number of hydrogen-bond acceptors (Lipinski definition) is 2. The molecular weight excluding hydrogens is 214 g/mol. The molecule has 1 amide bonds. The SMILES string of the molecule is C#C[C@@H]1CC[C@@H](CC)N(C(=O)OC(C)(C)C)C1. The van der Waals surface area contributed by atoms with Crippen LogP contribution < -0.4 is 0 Å². The lowest BCUT2D eigenvalue weighted by Gasteiger charge is -2.38. The van der Waals surface area contributed by atoms with Gasteiger partial charge in [-0.1, -0.05) is 6.92 Å². The molecule has 1 rings (SSSR count). The fraction of sp³-hybridized carbons (Fsp3) is 0.786. The minimum Gasteiger partial charge on any atom is -0.444 e. The molecule has 1 aliphatic rings. The molecule has 1 fully saturated rings. The van der Waals surface area contributed by atoms with Gasteiger partial charge >= 0.3 is 6.09 Å². The number of amides is 1. The first-order valence-corrected chi connectivity index (χ1v) is 6.33. The van der Waals surface area contributed by atoms with Crippen LogP contribution in [0.3, 0.4) is 0 Å². The van der Waals surface area contributed by atoms with E-state index in [2.05, 4.69) is 12.8 Å². The molecule has 17 heavy (non-hydrogen) atoms. The predicted octanol–water partition coefficient (Wildman–Crippen LogP) is 3.05. The van der Waals surface area contributed by atoms with Crippen LogP contribution in [0.2, 0.25) is 0 Å². The van der Waals surface area contributed by atoms with Crippen LogP contribution in [0.5, 0.6) is 0 Å². The van der Waals surface area contributed by atoms with Gasteiger partial charge in [0.25, 0.3) is 0 Å². The molecule has 0 N–H and O–H groups in total. The quantitative estimate of drug-likeness (QED) is 0.656. The molecule has 0 aromatic carbocycles. The molecular formula is C14H23NO2. The average molecular weight is 237 g/mol. The van der Waals surface area contributed by atoms with Crippen molar-refractivity contribution in [2.24, 2.45) is 5.92 Å². The molecule has 1 heterocycles. The lowest BCUT2D eigenvalue weighted by Crippen LogP contribution is -2.48. The van der Waals surface area contributed by atoms with Gasteiger partial charge in [0.1, 0.15) is 5.60 Å². The molecule has 0 aromatic heterocycles. The highest BCUT2D eigenvalue weighted by molar-refractivity contribution is 5.68. The average Bonchev–Trinajstić information content (AvgIpc) is 2.25. The number of terminal acetylenes is 1. The van der Waals surface area contributed by atoms with Crippen LogP contribution in [0.25, 0.3) is 0 Å². The highest BCUT2D eigenvalue weighted by atomic mass is 16.6. The van der Waals surface area contributed by atoms with Crippen molar-refractivity contribution < 1.29 is 9.53 Å². The van der Waals surface area contributed by atoms with Gasteiger partial charge in [0.15, 0.2) is 0 Å². The Morgan fingerprint density at radius 1 is 1.47 bits per heavy atom. The first kappa shape index (κ1) is 13.9. The van der Waals surface area contributed by atoms with Crippen LogP contribution in [-0.2, 0) is 4.74 Å². The minimum absolute atomic E-state index is 0.172. The van der Waals surface area contributed by atoms with Crippen molar-refractivity contribution >= 4 is 6.09 Å². The first-order chi connectivity index (χ1) is 7.87. The Hall–Kier alpha value is -1.17. The van der Waals surface area contributed by atoms with Crippen molar-refractivity contribution in [3.63, 3.8) is 0 Å². The third kappa shape index (κ3) is 3.96. The Bertz CT molecular complexity index is 311. The first-order valence-electron chi connectivity index (χ1n) is 6.33. The van der Waals surface area contributed by atoms with E-state index in [0.717, 1.165) is 19.3 Å². The minimum atomic E-state index is -0.446. The number of carbonyl (C=O) groups is 1. The summed E-state index contributed by atoms with van der Waals surface area (Å²) in [5.41, 5.74) is -0.446. The Kier molecular flexibility index (Phi) is 4.45. The van der Waals surface area contributed by atoms with E-state index >= 15 is 0 Å². The summed E-state index contributed by atoms with van der Waals surface area (Å²) in [6.07, 6.45) is 8.16. The van der Waals surface area contributed by atoms with E-state index in [0.29, 0.717) is 6.54 Å². The lowest BCUT2D eigenvalue weighted by molar-refractivity contribution is 0.00579. The predicted molar refractivity (Wildman–Crippen MR) is 68.6 cm³/mol. The number of rotatable bonds is 1. The Morgan fingerprint density at radius 2 is 2.12 bits per heavy atom. The molecule has 0 unspecified atom stereocenters. The van der Waals surface area contributed by atoms with Crippen molar-refractivity contribution in [2.75, 3.05) is 6.54 Å². The van der Waals surface area contributed by atoms with E-state index in [1.807, 2.05) is 20.8 Å². The van der Waals surface area contributed by atoms with Crippen LogP contribution in [0.4, 0.5) is 4.79 Å². The standard InChI is InChI=1S/C14H23NO2/c1-6-11-8-9-12(7-2)15(10-11)13(16)17-14(3,4)5/h1,11-12H,7-10H2,2-5H3/t11-,12-/m1/s1. The zero-order valence-corrected chi connectivity index (χ0v) is 11.3. The third-order valence-corrected chi connectivity index (χ3v) is 3.04. The number of hydrogen-bond donors (Lipinski definition) is 0. The van der Waals surface area contributed by atoms with Gasteiger partial charge in [0.05, 0.1) is 0 Å². The Balaban J connectivity index is 2.70. The molecule has 0 bridgehead atoms. The van der Waals surface area contributed by atoms with E-state index in [4.69, 9.17) is 11.2 Å². The normalized spacial score (nSPS) is 25.2. The lowest BCUT2D eigenvalue weighted by atomic mass is 9.92. The van der Waals surface area contributed by atoms with E-state index in [9.17, 15) is 4.79 Å². The second-order valence-corrected chi connectivity index (χ2v) is 5.64. The molecule has 0 aromatic rings. The van der Waals surface area contributed by atoms with Crippen LogP contribution in [0, 0.1) is 18.3 Å². The number of piperidine rings is 1. The number of ether oxygens (including phenoxy) is 1. The van der Waals surface area contributed by atoms with Gasteiger partial charge < -0.3 is 9.64 Å². The molecule has 0 aliphatic carbocycles. The van der Waals surface area contributed by atoms with Gasteiger partial charge in [-0.05, 0) is 40.0 Å². The summed E-state index contributed by atoms with van der Waals surface area (Å²) in [7, 11) is 0. The van der Waals surface area contributed by atoms with Crippen molar-refractivity contribution in [1.82, 2.24) is 4.90 Å².